The van der Waals surface area contributed by atoms with Crippen LogP contribution in [0, 0.1) is 0 Å². The first-order valence-corrected chi connectivity index (χ1v) is 16.3. The lowest BCUT2D eigenvalue weighted by molar-refractivity contribution is 1.18. The summed E-state index contributed by atoms with van der Waals surface area (Å²) in [7, 11) is 0. The average molecular weight is 596 g/mol. The van der Waals surface area contributed by atoms with E-state index in [1.165, 1.54) is 92.8 Å². The van der Waals surface area contributed by atoms with Crippen LogP contribution in [0.3, 0.4) is 0 Å². The summed E-state index contributed by atoms with van der Waals surface area (Å²) in [5.41, 5.74) is 8.56. The second kappa shape index (κ2) is 10.2. The van der Waals surface area contributed by atoms with Crippen molar-refractivity contribution in [2.75, 3.05) is 0 Å². The van der Waals surface area contributed by atoms with Crippen LogP contribution in [0.25, 0.3) is 92.8 Å². The molecule has 10 rings (SSSR count). The topological polar surface area (TPSA) is 4.93 Å². The van der Waals surface area contributed by atoms with Crippen molar-refractivity contribution >= 4 is 64.9 Å². The molecule has 0 aliphatic rings. The van der Waals surface area contributed by atoms with Gasteiger partial charge in [0.2, 0.25) is 0 Å². The minimum Gasteiger partial charge on any atom is -0.309 e. The molecule has 47 heavy (non-hydrogen) atoms. The first-order chi connectivity index (χ1) is 23.3. The molecule has 0 aliphatic heterocycles. The van der Waals surface area contributed by atoms with Gasteiger partial charge in [-0.25, -0.2) is 0 Å². The van der Waals surface area contributed by atoms with E-state index < -0.39 is 0 Å². The van der Waals surface area contributed by atoms with Crippen molar-refractivity contribution in [1.29, 1.82) is 0 Å². The minimum atomic E-state index is 1.17. The van der Waals surface area contributed by atoms with Crippen LogP contribution < -0.4 is 0 Å². The summed E-state index contributed by atoms with van der Waals surface area (Å²) >= 11 is 0. The van der Waals surface area contributed by atoms with Gasteiger partial charge in [0.05, 0.1) is 11.0 Å². The summed E-state index contributed by atoms with van der Waals surface area (Å²) in [5, 5.41) is 12.9. The van der Waals surface area contributed by atoms with E-state index in [0.29, 0.717) is 0 Å². The molecular formula is C46H29N. The molecule has 0 fully saturated rings. The van der Waals surface area contributed by atoms with Gasteiger partial charge in [0.1, 0.15) is 0 Å². The third-order valence-corrected chi connectivity index (χ3v) is 9.94. The SMILES string of the molecule is c1cc(-c2ccc(-c3c4ccccc4cc4c5ccccc5c5ccccc5c34)cc2)cc(-n2c3ccccc3c3ccccc32)c1. The molecule has 0 bridgehead atoms. The number of rotatable bonds is 3. The molecule has 0 N–H and O–H groups in total. The summed E-state index contributed by atoms with van der Waals surface area (Å²) in [4.78, 5) is 0. The zero-order valence-electron chi connectivity index (χ0n) is 25.7. The van der Waals surface area contributed by atoms with Crippen LogP contribution in [0.5, 0.6) is 0 Å². The van der Waals surface area contributed by atoms with Gasteiger partial charge in [0.15, 0.2) is 0 Å². The molecular weight excluding hydrogens is 567 g/mol. The molecule has 1 aromatic heterocycles. The Hall–Kier alpha value is -6.18. The van der Waals surface area contributed by atoms with Crippen molar-refractivity contribution in [2.24, 2.45) is 0 Å². The van der Waals surface area contributed by atoms with Crippen molar-refractivity contribution < 1.29 is 0 Å². The lowest BCUT2D eigenvalue weighted by Gasteiger charge is -2.17. The van der Waals surface area contributed by atoms with Crippen LogP contribution in [0.4, 0.5) is 0 Å². The maximum Gasteiger partial charge on any atom is 0.0541 e. The number of hydrogen-bond donors (Lipinski definition) is 0. The quantitative estimate of drug-likeness (QED) is 0.141. The molecule has 0 saturated carbocycles. The highest BCUT2D eigenvalue weighted by Gasteiger charge is 2.17. The number of benzene rings is 9. The lowest BCUT2D eigenvalue weighted by atomic mass is 9.86. The highest BCUT2D eigenvalue weighted by atomic mass is 15.0. The Morgan fingerprint density at radius 2 is 0.809 bits per heavy atom. The molecule has 0 saturated heterocycles. The Morgan fingerprint density at radius 3 is 1.49 bits per heavy atom. The van der Waals surface area contributed by atoms with Crippen molar-refractivity contribution in [3.8, 4) is 27.9 Å². The van der Waals surface area contributed by atoms with Crippen LogP contribution in [0.15, 0.2) is 176 Å². The maximum atomic E-state index is 2.39. The van der Waals surface area contributed by atoms with Crippen molar-refractivity contribution in [3.63, 3.8) is 0 Å². The Morgan fingerprint density at radius 1 is 0.298 bits per heavy atom. The normalized spacial score (nSPS) is 11.8. The number of hydrogen-bond acceptors (Lipinski definition) is 0. The molecule has 0 atom stereocenters. The zero-order valence-corrected chi connectivity index (χ0v) is 25.7. The Kier molecular flexibility index (Phi) is 5.64. The van der Waals surface area contributed by atoms with E-state index in [4.69, 9.17) is 0 Å². The Balaban J connectivity index is 1.17. The predicted molar refractivity (Wildman–Crippen MR) is 202 cm³/mol. The standard InChI is InChI=1S/C46H29N/c1-2-15-35-33(12-1)29-42-38-18-4-3-16-36(38)37-17-5-6-21-41(37)46(42)45(35)31-26-24-30(25-27-31)32-13-11-14-34(28-32)47-43-22-9-7-19-39(43)40-20-8-10-23-44(40)47/h1-29H. The van der Waals surface area contributed by atoms with Gasteiger partial charge in [-0.15, -0.1) is 0 Å². The van der Waals surface area contributed by atoms with Crippen molar-refractivity contribution in [2.45, 2.75) is 0 Å². The fourth-order valence-electron chi connectivity index (χ4n) is 7.88. The number of nitrogens with zero attached hydrogens (tertiary/aromatic N) is 1. The molecule has 0 unspecified atom stereocenters. The highest BCUT2D eigenvalue weighted by molar-refractivity contribution is 6.32. The lowest BCUT2D eigenvalue weighted by Crippen LogP contribution is -1.94. The summed E-state index contributed by atoms with van der Waals surface area (Å²) in [6.45, 7) is 0. The van der Waals surface area contributed by atoms with Gasteiger partial charge in [-0.05, 0) is 95.7 Å². The van der Waals surface area contributed by atoms with E-state index in [-0.39, 0.29) is 0 Å². The van der Waals surface area contributed by atoms with Gasteiger partial charge >= 0.3 is 0 Å². The van der Waals surface area contributed by atoms with E-state index in [2.05, 4.69) is 180 Å². The second-order valence-corrected chi connectivity index (χ2v) is 12.5. The van der Waals surface area contributed by atoms with Gasteiger partial charge in [-0.3, -0.25) is 0 Å². The molecule has 0 amide bonds. The van der Waals surface area contributed by atoms with Crippen LogP contribution in [0.2, 0.25) is 0 Å². The fraction of sp³-hybridized carbons (Fsp3) is 0. The van der Waals surface area contributed by atoms with E-state index in [0.717, 1.165) is 0 Å². The predicted octanol–water partition coefficient (Wildman–Crippen LogP) is 12.7. The first-order valence-electron chi connectivity index (χ1n) is 16.3. The average Bonchev–Trinajstić information content (AvgIpc) is 3.49. The molecule has 0 radical (unpaired) electrons. The highest BCUT2D eigenvalue weighted by Crippen LogP contribution is 2.44. The third-order valence-electron chi connectivity index (χ3n) is 9.94. The largest absolute Gasteiger partial charge is 0.309 e. The molecule has 0 spiro atoms. The number of fused-ring (bicyclic) bond motifs is 10. The number of aromatic nitrogens is 1. The van der Waals surface area contributed by atoms with Gasteiger partial charge in [0.25, 0.3) is 0 Å². The van der Waals surface area contributed by atoms with E-state index in [9.17, 15) is 0 Å². The van der Waals surface area contributed by atoms with Gasteiger partial charge in [0, 0.05) is 16.5 Å². The smallest absolute Gasteiger partial charge is 0.0541 e. The minimum absolute atomic E-state index is 1.17. The second-order valence-electron chi connectivity index (χ2n) is 12.5. The molecule has 1 nitrogen and oxygen atoms in total. The van der Waals surface area contributed by atoms with E-state index in [1.807, 2.05) is 0 Å². The zero-order chi connectivity index (χ0) is 30.9. The third kappa shape index (κ3) is 3.90. The van der Waals surface area contributed by atoms with Crippen LogP contribution in [-0.4, -0.2) is 4.57 Å². The molecule has 9 aromatic carbocycles. The van der Waals surface area contributed by atoms with Gasteiger partial charge in [-0.2, -0.15) is 0 Å². The molecule has 1 heteroatoms. The summed E-state index contributed by atoms with van der Waals surface area (Å²) in [6.07, 6.45) is 0. The van der Waals surface area contributed by atoms with Crippen molar-refractivity contribution in [3.05, 3.63) is 176 Å². The molecule has 1 heterocycles. The van der Waals surface area contributed by atoms with Crippen LogP contribution >= 0.6 is 0 Å². The van der Waals surface area contributed by atoms with Crippen LogP contribution in [0.1, 0.15) is 0 Å². The Bertz CT molecular complexity index is 2780. The van der Waals surface area contributed by atoms with E-state index >= 15 is 0 Å². The maximum absolute atomic E-state index is 2.39. The summed E-state index contributed by atoms with van der Waals surface area (Å²) in [6, 6.07) is 64.5. The van der Waals surface area contributed by atoms with Crippen LogP contribution in [-0.2, 0) is 0 Å². The summed E-state index contributed by atoms with van der Waals surface area (Å²) in [5.74, 6) is 0. The van der Waals surface area contributed by atoms with E-state index in [1.54, 1.807) is 0 Å². The molecule has 10 aromatic rings. The first kappa shape index (κ1) is 26.1. The van der Waals surface area contributed by atoms with Gasteiger partial charge < -0.3 is 4.57 Å². The molecule has 218 valence electrons. The monoisotopic (exact) mass is 595 g/mol. The summed E-state index contributed by atoms with van der Waals surface area (Å²) < 4.78 is 2.39. The fourth-order valence-corrected chi connectivity index (χ4v) is 7.88. The Labute approximate surface area is 272 Å². The van der Waals surface area contributed by atoms with Gasteiger partial charge in [-0.1, -0.05) is 146 Å². The van der Waals surface area contributed by atoms with Crippen molar-refractivity contribution in [1.82, 2.24) is 4.57 Å². The number of para-hydroxylation sites is 2. The molecule has 0 aliphatic carbocycles.